The third kappa shape index (κ3) is 5.21. The third-order valence-electron chi connectivity index (χ3n) is 3.11. The van der Waals surface area contributed by atoms with Gasteiger partial charge in [-0.15, -0.1) is 0 Å². The highest BCUT2D eigenvalue weighted by Crippen LogP contribution is 2.12. The van der Waals surface area contributed by atoms with E-state index in [1.54, 1.807) is 0 Å². The molecule has 1 N–H and O–H groups in total. The van der Waals surface area contributed by atoms with Crippen LogP contribution in [0, 0.1) is 5.92 Å². The number of hydrogen-bond donors (Lipinski definition) is 1. The lowest BCUT2D eigenvalue weighted by molar-refractivity contribution is 0.0724. The lowest BCUT2D eigenvalue weighted by atomic mass is 10.1. The number of benzene rings is 1. The molecule has 1 amide bonds. The predicted molar refractivity (Wildman–Crippen MR) is 85.3 cm³/mol. The molecular weight excluding hydrogens is 250 g/mol. The number of nitrogens with zero attached hydrogens (tertiary/aromatic N) is 2. The zero-order valence-corrected chi connectivity index (χ0v) is 13.3. The summed E-state index contributed by atoms with van der Waals surface area (Å²) < 4.78 is 0. The van der Waals surface area contributed by atoms with Crippen molar-refractivity contribution < 1.29 is 4.79 Å². The Balaban J connectivity index is 2.79. The van der Waals surface area contributed by atoms with E-state index in [4.69, 9.17) is 0 Å². The molecule has 0 heterocycles. The van der Waals surface area contributed by atoms with E-state index < -0.39 is 0 Å². The summed E-state index contributed by atoms with van der Waals surface area (Å²) in [6.07, 6.45) is 0. The fourth-order valence-corrected chi connectivity index (χ4v) is 2.00. The number of anilines is 1. The molecule has 0 spiro atoms. The fourth-order valence-electron chi connectivity index (χ4n) is 2.00. The number of rotatable bonds is 7. The summed E-state index contributed by atoms with van der Waals surface area (Å²) in [5.41, 5.74) is 1.77. The lowest BCUT2D eigenvalue weighted by Gasteiger charge is -2.26. The second-order valence-electron chi connectivity index (χ2n) is 5.78. The minimum Gasteiger partial charge on any atom is -0.388 e. The molecule has 0 aromatic heterocycles. The second kappa shape index (κ2) is 7.90. The molecule has 4 nitrogen and oxygen atoms in total. The molecule has 0 fully saturated rings. The normalized spacial score (nSPS) is 10.9. The molecule has 0 bridgehead atoms. The Morgan fingerprint density at radius 2 is 1.75 bits per heavy atom. The van der Waals surface area contributed by atoms with Crippen LogP contribution in [0.25, 0.3) is 0 Å². The van der Waals surface area contributed by atoms with E-state index in [2.05, 4.69) is 24.1 Å². The van der Waals surface area contributed by atoms with Crippen LogP contribution >= 0.6 is 0 Å². The maximum Gasteiger partial charge on any atom is 0.253 e. The fraction of sp³-hybridized carbons (Fsp3) is 0.562. The summed E-state index contributed by atoms with van der Waals surface area (Å²) in [6, 6.07) is 7.65. The lowest BCUT2D eigenvalue weighted by Crippen LogP contribution is -2.39. The Morgan fingerprint density at radius 1 is 1.15 bits per heavy atom. The van der Waals surface area contributed by atoms with Crippen LogP contribution in [0.15, 0.2) is 24.3 Å². The van der Waals surface area contributed by atoms with Crippen LogP contribution in [-0.2, 0) is 0 Å². The van der Waals surface area contributed by atoms with Crippen molar-refractivity contribution in [3.05, 3.63) is 29.8 Å². The summed E-state index contributed by atoms with van der Waals surface area (Å²) in [6.45, 7) is 6.71. The van der Waals surface area contributed by atoms with Crippen LogP contribution in [-0.4, -0.2) is 56.5 Å². The molecule has 1 aromatic rings. The zero-order chi connectivity index (χ0) is 15.1. The predicted octanol–water partition coefficient (Wildman–Crippen LogP) is 2.39. The summed E-state index contributed by atoms with van der Waals surface area (Å²) in [4.78, 5) is 16.6. The first-order valence-corrected chi connectivity index (χ1v) is 7.16. The van der Waals surface area contributed by atoms with E-state index in [1.807, 2.05) is 50.3 Å². The molecule has 1 rings (SSSR count). The van der Waals surface area contributed by atoms with Gasteiger partial charge >= 0.3 is 0 Å². The maximum absolute atomic E-state index is 12.6. The molecule has 0 unspecified atom stereocenters. The number of carbonyl (C=O) groups excluding carboxylic acids is 1. The van der Waals surface area contributed by atoms with Gasteiger partial charge in [-0.3, -0.25) is 4.79 Å². The van der Waals surface area contributed by atoms with Crippen LogP contribution < -0.4 is 5.32 Å². The van der Waals surface area contributed by atoms with E-state index in [-0.39, 0.29) is 5.91 Å². The molecule has 0 aliphatic carbocycles. The molecule has 0 saturated heterocycles. The zero-order valence-electron chi connectivity index (χ0n) is 13.3. The number of nitrogens with one attached hydrogen (secondary N) is 1. The molecule has 0 atom stereocenters. The highest BCUT2D eigenvalue weighted by atomic mass is 16.2. The summed E-state index contributed by atoms with van der Waals surface area (Å²) in [5.74, 6) is 0.584. The van der Waals surface area contributed by atoms with E-state index in [0.29, 0.717) is 5.92 Å². The Labute approximate surface area is 122 Å². The van der Waals surface area contributed by atoms with Crippen LogP contribution in [0.4, 0.5) is 5.69 Å². The monoisotopic (exact) mass is 277 g/mol. The van der Waals surface area contributed by atoms with Gasteiger partial charge in [0.15, 0.2) is 0 Å². The van der Waals surface area contributed by atoms with Crippen molar-refractivity contribution in [2.24, 2.45) is 5.92 Å². The van der Waals surface area contributed by atoms with Crippen LogP contribution in [0.2, 0.25) is 0 Å². The van der Waals surface area contributed by atoms with Gasteiger partial charge in [0.25, 0.3) is 5.91 Å². The first kappa shape index (κ1) is 16.5. The number of amides is 1. The van der Waals surface area contributed by atoms with Gasteiger partial charge in [0.2, 0.25) is 0 Å². The minimum atomic E-state index is 0.114. The Bertz CT molecular complexity index is 412. The molecule has 0 saturated carbocycles. The Kier molecular flexibility index (Phi) is 6.52. The van der Waals surface area contributed by atoms with Crippen LogP contribution in [0.5, 0.6) is 0 Å². The first-order valence-electron chi connectivity index (χ1n) is 7.16. The molecule has 112 valence electrons. The van der Waals surface area contributed by atoms with Crippen molar-refractivity contribution in [2.45, 2.75) is 13.8 Å². The van der Waals surface area contributed by atoms with E-state index in [1.165, 1.54) is 0 Å². The number of likely N-dealkylation sites (N-methyl/N-ethyl adjacent to an activating group) is 1. The standard InChI is InChI=1S/C16H27N3O/c1-13(2)12-19(11-10-18(4)5)16(20)14-6-8-15(17-3)9-7-14/h6-9,13,17H,10-12H2,1-5H3. The van der Waals surface area contributed by atoms with Crippen molar-refractivity contribution in [1.29, 1.82) is 0 Å². The van der Waals surface area contributed by atoms with Gasteiger partial charge in [-0.05, 0) is 44.3 Å². The average Bonchev–Trinajstić information content (AvgIpc) is 2.42. The molecule has 0 aliphatic rings. The van der Waals surface area contributed by atoms with Crippen molar-refractivity contribution in [1.82, 2.24) is 9.80 Å². The average molecular weight is 277 g/mol. The largest absolute Gasteiger partial charge is 0.388 e. The maximum atomic E-state index is 12.6. The summed E-state index contributed by atoms with van der Waals surface area (Å²) in [5, 5.41) is 3.06. The highest BCUT2D eigenvalue weighted by molar-refractivity contribution is 5.94. The Hall–Kier alpha value is -1.55. The second-order valence-corrected chi connectivity index (χ2v) is 5.78. The van der Waals surface area contributed by atoms with Gasteiger partial charge < -0.3 is 15.1 Å². The van der Waals surface area contributed by atoms with E-state index in [0.717, 1.165) is 30.9 Å². The first-order chi connectivity index (χ1) is 9.43. The summed E-state index contributed by atoms with van der Waals surface area (Å²) >= 11 is 0. The highest BCUT2D eigenvalue weighted by Gasteiger charge is 2.16. The van der Waals surface area contributed by atoms with Crippen LogP contribution in [0.3, 0.4) is 0 Å². The van der Waals surface area contributed by atoms with Gasteiger partial charge in [0, 0.05) is 37.9 Å². The van der Waals surface area contributed by atoms with Gasteiger partial charge in [-0.2, -0.15) is 0 Å². The third-order valence-corrected chi connectivity index (χ3v) is 3.11. The molecule has 4 heteroatoms. The van der Waals surface area contributed by atoms with E-state index in [9.17, 15) is 4.79 Å². The SMILES string of the molecule is CNc1ccc(C(=O)N(CCN(C)C)CC(C)C)cc1. The van der Waals surface area contributed by atoms with Crippen LogP contribution in [0.1, 0.15) is 24.2 Å². The number of hydrogen-bond acceptors (Lipinski definition) is 3. The molecule has 20 heavy (non-hydrogen) atoms. The van der Waals surface area contributed by atoms with E-state index >= 15 is 0 Å². The van der Waals surface area contributed by atoms with Crippen molar-refractivity contribution >= 4 is 11.6 Å². The van der Waals surface area contributed by atoms with Crippen molar-refractivity contribution in [2.75, 3.05) is 46.1 Å². The molecular formula is C16H27N3O. The topological polar surface area (TPSA) is 35.6 Å². The summed E-state index contributed by atoms with van der Waals surface area (Å²) in [7, 11) is 5.93. The quantitative estimate of drug-likeness (QED) is 0.831. The molecule has 0 radical (unpaired) electrons. The van der Waals surface area contributed by atoms with Crippen molar-refractivity contribution in [3.8, 4) is 0 Å². The van der Waals surface area contributed by atoms with Gasteiger partial charge in [0.1, 0.15) is 0 Å². The van der Waals surface area contributed by atoms with Crippen molar-refractivity contribution in [3.63, 3.8) is 0 Å². The minimum absolute atomic E-state index is 0.114. The Morgan fingerprint density at radius 3 is 2.20 bits per heavy atom. The molecule has 0 aliphatic heterocycles. The van der Waals surface area contributed by atoms with Gasteiger partial charge in [-0.25, -0.2) is 0 Å². The van der Waals surface area contributed by atoms with Gasteiger partial charge in [-0.1, -0.05) is 13.8 Å². The number of carbonyl (C=O) groups is 1. The van der Waals surface area contributed by atoms with Gasteiger partial charge in [0.05, 0.1) is 0 Å². The smallest absolute Gasteiger partial charge is 0.253 e. The molecule has 1 aromatic carbocycles.